The lowest BCUT2D eigenvalue weighted by Crippen LogP contribution is -2.29. The van der Waals surface area contributed by atoms with Crippen LogP contribution in [0, 0.1) is 0 Å². The van der Waals surface area contributed by atoms with Crippen molar-refractivity contribution in [2.24, 2.45) is 0 Å². The van der Waals surface area contributed by atoms with Crippen LogP contribution in [0.5, 0.6) is 11.5 Å². The van der Waals surface area contributed by atoms with Crippen molar-refractivity contribution in [1.29, 1.82) is 0 Å². The van der Waals surface area contributed by atoms with Crippen LogP contribution in [0.1, 0.15) is 29.8 Å². The number of carbonyl (C=O) groups excluding carboxylic acids is 2. The summed E-state index contributed by atoms with van der Waals surface area (Å²) in [6.07, 6.45) is 2.34. The molecule has 1 aromatic heterocycles. The van der Waals surface area contributed by atoms with Gasteiger partial charge in [-0.25, -0.2) is 0 Å². The first kappa shape index (κ1) is 20.8. The number of amides is 1. The minimum atomic E-state index is -0.887. The van der Waals surface area contributed by atoms with Gasteiger partial charge in [-0.15, -0.1) is 0 Å². The molecule has 1 N–H and O–H groups in total. The zero-order valence-electron chi connectivity index (χ0n) is 18.2. The number of pyridine rings is 1. The lowest BCUT2D eigenvalue weighted by molar-refractivity contribution is -0.132. The van der Waals surface area contributed by atoms with Crippen LogP contribution in [0.25, 0.3) is 5.76 Å². The Labute approximate surface area is 190 Å². The fourth-order valence-corrected chi connectivity index (χ4v) is 4.40. The van der Waals surface area contributed by atoms with Gasteiger partial charge in [0.05, 0.1) is 18.4 Å². The lowest BCUT2D eigenvalue weighted by Gasteiger charge is -2.25. The zero-order valence-corrected chi connectivity index (χ0v) is 18.2. The van der Waals surface area contributed by atoms with E-state index in [0.29, 0.717) is 29.1 Å². The molecule has 33 heavy (non-hydrogen) atoms. The summed E-state index contributed by atoms with van der Waals surface area (Å²) in [5.41, 5.74) is 2.34. The maximum absolute atomic E-state index is 13.2. The molecule has 166 valence electrons. The number of ketones is 1. The third-order valence-corrected chi connectivity index (χ3v) is 5.91. The molecule has 3 aromatic rings. The number of nitrogens with zero attached hydrogens (tertiary/aromatic N) is 2. The molecule has 2 aliphatic rings. The minimum absolute atomic E-state index is 0.00608. The van der Waals surface area contributed by atoms with E-state index in [0.717, 1.165) is 11.3 Å². The SMILES string of the molecule is COc1cccc(N2C(=O)C(=O)/C(=C(\O)c3ccc4c(c3)CC(C)O4)C2c2ccccn2)c1. The number of aliphatic hydroxyl groups is 1. The first-order valence-corrected chi connectivity index (χ1v) is 10.6. The topological polar surface area (TPSA) is 89.0 Å². The highest BCUT2D eigenvalue weighted by atomic mass is 16.5. The lowest BCUT2D eigenvalue weighted by atomic mass is 9.96. The number of rotatable bonds is 4. The molecule has 2 unspecified atom stereocenters. The Morgan fingerprint density at radius 2 is 1.97 bits per heavy atom. The van der Waals surface area contributed by atoms with Crippen molar-refractivity contribution in [2.75, 3.05) is 12.0 Å². The van der Waals surface area contributed by atoms with E-state index < -0.39 is 17.7 Å². The quantitative estimate of drug-likeness (QED) is 0.373. The second-order valence-corrected chi connectivity index (χ2v) is 8.08. The summed E-state index contributed by atoms with van der Waals surface area (Å²) >= 11 is 0. The van der Waals surface area contributed by atoms with Gasteiger partial charge in [-0.1, -0.05) is 12.1 Å². The van der Waals surface area contributed by atoms with Crippen molar-refractivity contribution in [3.05, 3.63) is 89.3 Å². The van der Waals surface area contributed by atoms with Gasteiger partial charge in [0.15, 0.2) is 0 Å². The Bertz CT molecular complexity index is 1280. The summed E-state index contributed by atoms with van der Waals surface area (Å²) in [5, 5.41) is 11.3. The molecule has 0 spiro atoms. The highest BCUT2D eigenvalue weighted by Crippen LogP contribution is 2.42. The number of hydrogen-bond donors (Lipinski definition) is 1. The van der Waals surface area contributed by atoms with E-state index in [4.69, 9.17) is 9.47 Å². The predicted molar refractivity (Wildman–Crippen MR) is 122 cm³/mol. The first-order chi connectivity index (χ1) is 16.0. The maximum Gasteiger partial charge on any atom is 0.300 e. The Kier molecular flexibility index (Phi) is 5.09. The molecule has 1 saturated heterocycles. The van der Waals surface area contributed by atoms with Gasteiger partial charge in [0.1, 0.15) is 29.4 Å². The van der Waals surface area contributed by atoms with Crippen molar-refractivity contribution >= 4 is 23.1 Å². The minimum Gasteiger partial charge on any atom is -0.507 e. The molecule has 7 heteroatoms. The molecular weight excluding hydrogens is 420 g/mol. The molecule has 2 aromatic carbocycles. The van der Waals surface area contributed by atoms with E-state index in [9.17, 15) is 14.7 Å². The van der Waals surface area contributed by atoms with Gasteiger partial charge >= 0.3 is 0 Å². The molecule has 3 heterocycles. The second-order valence-electron chi connectivity index (χ2n) is 8.08. The van der Waals surface area contributed by atoms with Gasteiger partial charge < -0.3 is 14.6 Å². The van der Waals surface area contributed by atoms with E-state index in [1.165, 1.54) is 12.0 Å². The molecule has 5 rings (SSSR count). The van der Waals surface area contributed by atoms with Gasteiger partial charge in [-0.2, -0.15) is 0 Å². The van der Waals surface area contributed by atoms with Gasteiger partial charge in [-0.05, 0) is 55.0 Å². The number of Topliss-reactive ketones (excluding diaryl/α,β-unsaturated/α-hetero) is 1. The number of aromatic nitrogens is 1. The summed E-state index contributed by atoms with van der Waals surface area (Å²) in [4.78, 5) is 32.2. The van der Waals surface area contributed by atoms with E-state index in [-0.39, 0.29) is 17.4 Å². The fraction of sp³-hybridized carbons (Fsp3) is 0.192. The number of aliphatic hydroxyl groups excluding tert-OH is 1. The molecule has 1 fully saturated rings. The maximum atomic E-state index is 13.2. The molecule has 0 bridgehead atoms. The van der Waals surface area contributed by atoms with E-state index >= 15 is 0 Å². The number of fused-ring (bicyclic) bond motifs is 1. The van der Waals surface area contributed by atoms with Crippen LogP contribution < -0.4 is 14.4 Å². The fourth-order valence-electron chi connectivity index (χ4n) is 4.40. The summed E-state index contributed by atoms with van der Waals surface area (Å²) in [6, 6.07) is 16.5. The number of anilines is 1. The van der Waals surface area contributed by atoms with Gasteiger partial charge in [0.25, 0.3) is 11.7 Å². The van der Waals surface area contributed by atoms with E-state index in [1.807, 2.05) is 13.0 Å². The van der Waals surface area contributed by atoms with Crippen LogP contribution in [-0.4, -0.2) is 35.0 Å². The number of hydrogen-bond acceptors (Lipinski definition) is 6. The van der Waals surface area contributed by atoms with Crippen molar-refractivity contribution in [3.8, 4) is 11.5 Å². The van der Waals surface area contributed by atoms with Crippen LogP contribution in [-0.2, 0) is 16.0 Å². The van der Waals surface area contributed by atoms with Crippen LogP contribution in [0.2, 0.25) is 0 Å². The smallest absolute Gasteiger partial charge is 0.300 e. The molecule has 2 atom stereocenters. The summed E-state index contributed by atoms with van der Waals surface area (Å²) in [5.74, 6) is -0.439. The Hall–Kier alpha value is -4.13. The Morgan fingerprint density at radius 1 is 1.12 bits per heavy atom. The van der Waals surface area contributed by atoms with Gasteiger partial charge in [-0.3, -0.25) is 19.5 Å². The average molecular weight is 442 g/mol. The number of benzene rings is 2. The van der Waals surface area contributed by atoms with Crippen LogP contribution in [0.4, 0.5) is 5.69 Å². The standard InChI is InChI=1S/C26H22N2O5/c1-15-12-17-13-16(9-10-21(17)33-15)24(29)22-23(20-8-3-4-11-27-20)28(26(31)25(22)30)18-6-5-7-19(14-18)32-2/h3-11,13-15,23,29H,12H2,1-2H3/b24-22-. The van der Waals surface area contributed by atoms with Crippen molar-refractivity contribution < 1.29 is 24.2 Å². The normalized spacial score (nSPS) is 21.1. The number of ether oxygens (including phenoxy) is 2. The summed E-state index contributed by atoms with van der Waals surface area (Å²) in [7, 11) is 1.53. The molecule has 0 aliphatic carbocycles. The Morgan fingerprint density at radius 3 is 2.73 bits per heavy atom. The number of carbonyl (C=O) groups is 2. The zero-order chi connectivity index (χ0) is 23.1. The first-order valence-electron chi connectivity index (χ1n) is 10.6. The molecule has 2 aliphatic heterocycles. The van der Waals surface area contributed by atoms with Crippen molar-refractivity contribution in [1.82, 2.24) is 4.98 Å². The third kappa shape index (κ3) is 3.51. The molecular formula is C26H22N2O5. The molecule has 7 nitrogen and oxygen atoms in total. The van der Waals surface area contributed by atoms with Crippen LogP contribution >= 0.6 is 0 Å². The molecule has 0 saturated carbocycles. The van der Waals surface area contributed by atoms with E-state index in [2.05, 4.69) is 4.98 Å². The average Bonchev–Trinajstić information content (AvgIpc) is 3.34. The molecule has 1 amide bonds. The van der Waals surface area contributed by atoms with Crippen molar-refractivity contribution in [2.45, 2.75) is 25.5 Å². The summed E-state index contributed by atoms with van der Waals surface area (Å²) < 4.78 is 11.0. The highest BCUT2D eigenvalue weighted by molar-refractivity contribution is 6.51. The van der Waals surface area contributed by atoms with Gasteiger partial charge in [0, 0.05) is 29.9 Å². The number of methoxy groups -OCH3 is 1. The molecule has 0 radical (unpaired) electrons. The van der Waals surface area contributed by atoms with Gasteiger partial charge in [0.2, 0.25) is 0 Å². The highest BCUT2D eigenvalue weighted by Gasteiger charge is 2.47. The summed E-state index contributed by atoms with van der Waals surface area (Å²) in [6.45, 7) is 1.97. The monoisotopic (exact) mass is 442 g/mol. The largest absolute Gasteiger partial charge is 0.507 e. The predicted octanol–water partition coefficient (Wildman–Crippen LogP) is 4.04. The second kappa shape index (κ2) is 8.09. The Balaban J connectivity index is 1.68. The third-order valence-electron chi connectivity index (χ3n) is 5.91. The van der Waals surface area contributed by atoms with Crippen LogP contribution in [0.3, 0.4) is 0 Å². The van der Waals surface area contributed by atoms with Crippen molar-refractivity contribution in [3.63, 3.8) is 0 Å². The van der Waals surface area contributed by atoms with E-state index in [1.54, 1.807) is 60.8 Å². The van der Waals surface area contributed by atoms with Crippen LogP contribution in [0.15, 0.2) is 72.4 Å².